The van der Waals surface area contributed by atoms with Gasteiger partial charge in [-0.25, -0.2) is 4.79 Å². The number of benzene rings is 1. The number of rotatable bonds is 5. The molecule has 3 aliphatic rings. The first kappa shape index (κ1) is 15.1. The highest BCUT2D eigenvalue weighted by molar-refractivity contribution is 6.04. The van der Waals surface area contributed by atoms with E-state index in [4.69, 9.17) is 14.2 Å². The van der Waals surface area contributed by atoms with E-state index in [1.54, 1.807) is 23.1 Å². The van der Waals surface area contributed by atoms with Crippen molar-refractivity contribution in [1.29, 1.82) is 0 Å². The smallest absolute Gasteiger partial charge is 0.327 e. The second-order valence-corrected chi connectivity index (χ2v) is 6.06. The molecule has 3 amide bonds. The van der Waals surface area contributed by atoms with Gasteiger partial charge in [0, 0.05) is 12.6 Å². The summed E-state index contributed by atoms with van der Waals surface area (Å²) in [7, 11) is 0. The quantitative estimate of drug-likeness (QED) is 0.793. The number of aliphatic hydroxyl groups excluding tert-OH is 1. The van der Waals surface area contributed by atoms with Gasteiger partial charge < -0.3 is 24.2 Å². The largest absolute Gasteiger partial charge is 0.491 e. The van der Waals surface area contributed by atoms with Crippen LogP contribution in [0.15, 0.2) is 18.2 Å². The first-order chi connectivity index (χ1) is 11.6. The van der Waals surface area contributed by atoms with Crippen molar-refractivity contribution in [2.75, 3.05) is 26.5 Å². The minimum Gasteiger partial charge on any atom is -0.491 e. The van der Waals surface area contributed by atoms with Gasteiger partial charge in [0.05, 0.1) is 6.54 Å². The second-order valence-electron chi connectivity index (χ2n) is 6.06. The number of urea groups is 1. The molecule has 1 aromatic rings. The second kappa shape index (κ2) is 5.86. The van der Waals surface area contributed by atoms with Crippen molar-refractivity contribution in [3.8, 4) is 17.2 Å². The molecular formula is C16H18N2O6. The summed E-state index contributed by atoms with van der Waals surface area (Å²) in [5.41, 5.74) is 0. The molecular weight excluding hydrogens is 316 g/mol. The third-order valence-corrected chi connectivity index (χ3v) is 4.46. The first-order valence-corrected chi connectivity index (χ1v) is 7.96. The Kier molecular flexibility index (Phi) is 3.68. The van der Waals surface area contributed by atoms with Crippen LogP contribution >= 0.6 is 0 Å². The third kappa shape index (κ3) is 2.52. The van der Waals surface area contributed by atoms with E-state index in [0.717, 1.165) is 11.3 Å². The molecule has 2 unspecified atom stereocenters. The van der Waals surface area contributed by atoms with E-state index in [9.17, 15) is 14.7 Å². The number of nitrogens with zero attached hydrogens (tertiary/aromatic N) is 2. The van der Waals surface area contributed by atoms with Crippen LogP contribution in [0.3, 0.4) is 0 Å². The number of hydrogen-bond donors (Lipinski definition) is 1. The van der Waals surface area contributed by atoms with Gasteiger partial charge >= 0.3 is 6.03 Å². The summed E-state index contributed by atoms with van der Waals surface area (Å²) < 4.78 is 16.0. The molecule has 3 heterocycles. The lowest BCUT2D eigenvalue weighted by molar-refractivity contribution is -0.129. The Bertz CT molecular complexity index is 657. The monoisotopic (exact) mass is 334 g/mol. The van der Waals surface area contributed by atoms with Crippen LogP contribution in [0.1, 0.15) is 12.8 Å². The fourth-order valence-electron chi connectivity index (χ4n) is 3.27. The van der Waals surface area contributed by atoms with Gasteiger partial charge in [-0.15, -0.1) is 0 Å². The molecule has 0 aromatic heterocycles. The highest BCUT2D eigenvalue weighted by atomic mass is 16.7. The SMILES string of the molecule is O=C1C2CCCN2C(=O)N1CC(O)COc1ccc2c(c1)OCO2. The standard InChI is InChI=1S/C16H18N2O6/c19-10(7-18-15(20)12-2-1-5-17(12)16(18)21)8-22-11-3-4-13-14(6-11)24-9-23-13/h3-4,6,10,12,19H,1-2,5,7-9H2. The number of carbonyl (C=O) groups is 2. The predicted molar refractivity (Wildman–Crippen MR) is 80.9 cm³/mol. The van der Waals surface area contributed by atoms with Crippen LogP contribution in [-0.2, 0) is 4.79 Å². The van der Waals surface area contributed by atoms with Crippen LogP contribution in [-0.4, -0.2) is 65.5 Å². The summed E-state index contributed by atoms with van der Waals surface area (Å²) in [6.45, 7) is 0.699. The molecule has 8 nitrogen and oxygen atoms in total. The van der Waals surface area contributed by atoms with Gasteiger partial charge in [0.2, 0.25) is 6.79 Å². The minimum atomic E-state index is -0.955. The van der Waals surface area contributed by atoms with E-state index in [1.165, 1.54) is 0 Å². The van der Waals surface area contributed by atoms with Crippen LogP contribution < -0.4 is 14.2 Å². The maximum Gasteiger partial charge on any atom is 0.327 e. The fraction of sp³-hybridized carbons (Fsp3) is 0.500. The zero-order valence-electron chi connectivity index (χ0n) is 13.0. The van der Waals surface area contributed by atoms with E-state index in [-0.39, 0.29) is 37.9 Å². The van der Waals surface area contributed by atoms with Crippen molar-refractivity contribution in [2.24, 2.45) is 0 Å². The highest BCUT2D eigenvalue weighted by Gasteiger charge is 2.47. The van der Waals surface area contributed by atoms with Gasteiger partial charge in [-0.1, -0.05) is 0 Å². The van der Waals surface area contributed by atoms with Gasteiger partial charge in [0.15, 0.2) is 11.5 Å². The Morgan fingerprint density at radius 2 is 2.12 bits per heavy atom. The summed E-state index contributed by atoms with van der Waals surface area (Å²) in [5.74, 6) is 1.54. The maximum atomic E-state index is 12.2. The lowest BCUT2D eigenvalue weighted by atomic mass is 10.2. The number of imide groups is 1. The van der Waals surface area contributed by atoms with E-state index in [1.807, 2.05) is 0 Å². The summed E-state index contributed by atoms with van der Waals surface area (Å²) in [6, 6.07) is 4.45. The predicted octanol–water partition coefficient (Wildman–Crippen LogP) is 0.582. The number of ether oxygens (including phenoxy) is 3. The molecule has 128 valence electrons. The topological polar surface area (TPSA) is 88.5 Å². The molecule has 24 heavy (non-hydrogen) atoms. The zero-order chi connectivity index (χ0) is 16.7. The zero-order valence-corrected chi connectivity index (χ0v) is 13.0. The van der Waals surface area contributed by atoms with Crippen LogP contribution in [0.5, 0.6) is 17.2 Å². The lowest BCUT2D eigenvalue weighted by Gasteiger charge is -2.19. The van der Waals surface area contributed by atoms with Gasteiger partial charge in [-0.05, 0) is 25.0 Å². The van der Waals surface area contributed by atoms with Crippen molar-refractivity contribution in [3.05, 3.63) is 18.2 Å². The molecule has 2 atom stereocenters. The average molecular weight is 334 g/mol. The van der Waals surface area contributed by atoms with Gasteiger partial charge in [-0.3, -0.25) is 9.69 Å². The summed E-state index contributed by atoms with van der Waals surface area (Å²) in [4.78, 5) is 27.1. The van der Waals surface area contributed by atoms with Gasteiger partial charge in [-0.2, -0.15) is 0 Å². The number of aliphatic hydroxyl groups is 1. The molecule has 8 heteroatoms. The molecule has 2 fully saturated rings. The Morgan fingerprint density at radius 3 is 2.96 bits per heavy atom. The molecule has 0 saturated carbocycles. The molecule has 0 bridgehead atoms. The highest BCUT2D eigenvalue weighted by Crippen LogP contribution is 2.35. The summed E-state index contributed by atoms with van der Waals surface area (Å²) in [5, 5.41) is 10.1. The third-order valence-electron chi connectivity index (χ3n) is 4.46. The lowest BCUT2D eigenvalue weighted by Crippen LogP contribution is -2.41. The van der Waals surface area contributed by atoms with Crippen molar-refractivity contribution < 1.29 is 28.9 Å². The van der Waals surface area contributed by atoms with Gasteiger partial charge in [0.25, 0.3) is 5.91 Å². The minimum absolute atomic E-state index is 0.0264. The fourth-order valence-corrected chi connectivity index (χ4v) is 3.27. The Morgan fingerprint density at radius 1 is 1.29 bits per heavy atom. The molecule has 0 spiro atoms. The van der Waals surface area contributed by atoms with E-state index in [0.29, 0.717) is 30.2 Å². The molecule has 2 saturated heterocycles. The molecule has 3 aliphatic heterocycles. The Balaban J connectivity index is 1.33. The average Bonchev–Trinajstić information content (AvgIpc) is 3.28. The molecule has 0 radical (unpaired) electrons. The Labute approximate surface area is 138 Å². The van der Waals surface area contributed by atoms with Crippen LogP contribution in [0.25, 0.3) is 0 Å². The summed E-state index contributed by atoms with van der Waals surface area (Å²) in [6.07, 6.45) is 0.597. The van der Waals surface area contributed by atoms with Crippen LogP contribution in [0.4, 0.5) is 4.79 Å². The van der Waals surface area contributed by atoms with Crippen molar-refractivity contribution >= 4 is 11.9 Å². The summed E-state index contributed by atoms with van der Waals surface area (Å²) >= 11 is 0. The molecule has 4 rings (SSSR count). The number of amides is 3. The van der Waals surface area contributed by atoms with Crippen molar-refractivity contribution in [2.45, 2.75) is 25.0 Å². The normalized spacial score (nSPS) is 23.0. The van der Waals surface area contributed by atoms with Gasteiger partial charge in [0.1, 0.15) is 24.5 Å². The number of hydrogen-bond acceptors (Lipinski definition) is 6. The molecule has 0 aliphatic carbocycles. The van der Waals surface area contributed by atoms with Crippen molar-refractivity contribution in [3.63, 3.8) is 0 Å². The van der Waals surface area contributed by atoms with E-state index in [2.05, 4.69) is 0 Å². The Hall–Kier alpha value is -2.48. The van der Waals surface area contributed by atoms with Crippen LogP contribution in [0, 0.1) is 0 Å². The van der Waals surface area contributed by atoms with E-state index < -0.39 is 6.10 Å². The molecule has 1 aromatic carbocycles. The maximum absolute atomic E-state index is 12.2. The molecule has 1 N–H and O–H groups in total. The van der Waals surface area contributed by atoms with E-state index >= 15 is 0 Å². The first-order valence-electron chi connectivity index (χ1n) is 7.96. The number of fused-ring (bicyclic) bond motifs is 2. The van der Waals surface area contributed by atoms with Crippen LogP contribution in [0.2, 0.25) is 0 Å². The number of carbonyl (C=O) groups excluding carboxylic acids is 2. The van der Waals surface area contributed by atoms with Crippen molar-refractivity contribution in [1.82, 2.24) is 9.80 Å². The number of β-amino-alcohol motifs (C(OH)–C–C–N with tert-alkyl or cyclic N) is 1.